The Morgan fingerprint density at radius 3 is 2.59 bits per heavy atom. The maximum atomic E-state index is 15.2. The van der Waals surface area contributed by atoms with Crippen molar-refractivity contribution in [1.82, 2.24) is 14.9 Å². The number of piperazine rings is 1. The Morgan fingerprint density at radius 1 is 1.14 bits per heavy atom. The molecule has 4 aromatic rings. The number of hydrogen-bond acceptors (Lipinski definition) is 5. The van der Waals surface area contributed by atoms with Crippen LogP contribution in [0.25, 0.3) is 22.6 Å². The highest BCUT2D eigenvalue weighted by Gasteiger charge is 2.29. The van der Waals surface area contributed by atoms with Crippen LogP contribution in [0, 0.1) is 5.82 Å². The van der Waals surface area contributed by atoms with Gasteiger partial charge in [0.2, 0.25) is 0 Å². The molecule has 0 aliphatic carbocycles. The molecule has 37 heavy (non-hydrogen) atoms. The van der Waals surface area contributed by atoms with Gasteiger partial charge < -0.3 is 15.2 Å². The number of carbonyl (C=O) groups is 1. The number of benzene rings is 2. The molecule has 2 aromatic heterocycles. The first-order valence-electron chi connectivity index (χ1n) is 11.9. The Morgan fingerprint density at radius 2 is 1.89 bits per heavy atom. The van der Waals surface area contributed by atoms with Crippen LogP contribution in [-0.4, -0.2) is 53.0 Å². The number of likely N-dealkylation sites (N-methyl/N-ethyl adjacent to an activating group) is 1. The topological polar surface area (TPSA) is 64.3 Å². The van der Waals surface area contributed by atoms with Gasteiger partial charge in [0, 0.05) is 47.4 Å². The number of nitrogens with one attached hydrogen (secondary N) is 2. The average molecular weight is 559 g/mol. The minimum absolute atomic E-state index is 0.0624. The molecule has 0 unspecified atom stereocenters. The average Bonchev–Trinajstić information content (AvgIpc) is 3.57. The van der Waals surface area contributed by atoms with Crippen molar-refractivity contribution in [2.45, 2.75) is 25.9 Å². The third kappa shape index (κ3) is 5.25. The maximum absolute atomic E-state index is 15.2. The summed E-state index contributed by atoms with van der Waals surface area (Å²) in [5.74, 6) is -0.416. The minimum Gasteiger partial charge on any atom is -0.366 e. The van der Waals surface area contributed by atoms with Gasteiger partial charge >= 0.3 is 0 Å². The fraction of sp³-hybridized carbons (Fsp3) is 0.259. The molecule has 2 N–H and O–H groups in total. The van der Waals surface area contributed by atoms with E-state index in [1.54, 1.807) is 41.8 Å². The zero-order valence-corrected chi connectivity index (χ0v) is 22.9. The van der Waals surface area contributed by atoms with Crippen LogP contribution >= 0.6 is 34.5 Å². The van der Waals surface area contributed by atoms with E-state index < -0.39 is 11.7 Å². The quantitative estimate of drug-likeness (QED) is 0.276. The summed E-state index contributed by atoms with van der Waals surface area (Å²) in [5, 5.41) is 7.49. The smallest absolute Gasteiger partial charge is 0.257 e. The van der Waals surface area contributed by atoms with E-state index in [4.69, 9.17) is 23.2 Å². The third-order valence-electron chi connectivity index (χ3n) is 6.87. The number of imidazole rings is 1. The van der Waals surface area contributed by atoms with Crippen molar-refractivity contribution in [3.8, 4) is 22.6 Å². The fourth-order valence-corrected chi connectivity index (χ4v) is 5.67. The van der Waals surface area contributed by atoms with Gasteiger partial charge in [-0.2, -0.15) is 11.3 Å². The summed E-state index contributed by atoms with van der Waals surface area (Å²) < 4.78 is 15.2. The number of thiophene rings is 1. The second kappa shape index (κ2) is 10.5. The van der Waals surface area contributed by atoms with E-state index in [0.29, 0.717) is 40.9 Å². The number of aromatic nitrogens is 2. The Kier molecular flexibility index (Phi) is 7.27. The first kappa shape index (κ1) is 25.7. The van der Waals surface area contributed by atoms with Crippen molar-refractivity contribution in [2.75, 3.05) is 30.4 Å². The van der Waals surface area contributed by atoms with Gasteiger partial charge in [0.05, 0.1) is 33.2 Å². The molecule has 6 nitrogen and oxygen atoms in total. The van der Waals surface area contributed by atoms with Gasteiger partial charge in [-0.05, 0) is 62.7 Å². The van der Waals surface area contributed by atoms with E-state index in [2.05, 4.69) is 41.1 Å². The van der Waals surface area contributed by atoms with E-state index in [0.717, 1.165) is 11.3 Å². The number of rotatable bonds is 5. The van der Waals surface area contributed by atoms with Crippen molar-refractivity contribution < 1.29 is 9.18 Å². The number of anilines is 2. The molecule has 1 fully saturated rings. The molecule has 0 spiro atoms. The van der Waals surface area contributed by atoms with Gasteiger partial charge in [-0.1, -0.05) is 23.2 Å². The molecule has 192 valence electrons. The molecule has 10 heteroatoms. The Balaban J connectivity index is 1.36. The van der Waals surface area contributed by atoms with Crippen LogP contribution in [-0.2, 0) is 0 Å². The molecule has 0 bridgehead atoms. The lowest BCUT2D eigenvalue weighted by Crippen LogP contribution is -2.55. The first-order chi connectivity index (χ1) is 17.7. The van der Waals surface area contributed by atoms with Gasteiger partial charge in [0.1, 0.15) is 11.6 Å². The molecule has 1 saturated heterocycles. The number of carbonyl (C=O) groups excluding carboxylic acids is 1. The monoisotopic (exact) mass is 557 g/mol. The van der Waals surface area contributed by atoms with Crippen LogP contribution in [0.2, 0.25) is 10.0 Å². The van der Waals surface area contributed by atoms with E-state index in [9.17, 15) is 4.79 Å². The number of nitrogens with zero attached hydrogens (tertiary/aromatic N) is 3. The molecular formula is C27H26Cl2FN5OS. The SMILES string of the molecule is C[C@@H]1CN(c2cc(Cl)c(C(=O)Nc3ccc(Cl)c(-c4ncc(-c5ccsc5)[nH]4)c3)cc2F)C[C@H](C)N1C. The molecule has 0 radical (unpaired) electrons. The van der Waals surface area contributed by atoms with Gasteiger partial charge in [0.25, 0.3) is 5.91 Å². The molecule has 2 atom stereocenters. The number of halogens is 3. The van der Waals surface area contributed by atoms with Gasteiger partial charge in [-0.15, -0.1) is 0 Å². The highest BCUT2D eigenvalue weighted by Crippen LogP contribution is 2.33. The molecule has 1 amide bonds. The summed E-state index contributed by atoms with van der Waals surface area (Å²) in [4.78, 5) is 25.0. The van der Waals surface area contributed by atoms with Gasteiger partial charge in [-0.3, -0.25) is 9.69 Å². The molecule has 2 aromatic carbocycles. The summed E-state index contributed by atoms with van der Waals surface area (Å²) in [7, 11) is 2.07. The van der Waals surface area contributed by atoms with Crippen molar-refractivity contribution >= 4 is 51.8 Å². The van der Waals surface area contributed by atoms with E-state index in [-0.39, 0.29) is 22.7 Å². The van der Waals surface area contributed by atoms with Crippen LogP contribution in [0.4, 0.5) is 15.8 Å². The van der Waals surface area contributed by atoms with Crippen LogP contribution in [0.1, 0.15) is 24.2 Å². The standard InChI is InChI=1S/C27H26Cl2FN5OS/c1-15-12-35(13-16(2)34(15)3)25-10-22(29)20(9-23(25)30)27(36)32-18-4-5-21(28)19(8-18)26-31-11-24(33-26)17-6-7-37-14-17/h4-11,14-16H,12-13H2,1-3H3,(H,31,33)(H,32,36)/t15-,16+. The minimum atomic E-state index is -0.512. The largest absolute Gasteiger partial charge is 0.366 e. The van der Waals surface area contributed by atoms with Crippen molar-refractivity contribution in [3.63, 3.8) is 0 Å². The predicted molar refractivity (Wildman–Crippen MR) is 151 cm³/mol. The maximum Gasteiger partial charge on any atom is 0.257 e. The summed E-state index contributed by atoms with van der Waals surface area (Å²) in [6.45, 7) is 5.56. The number of amides is 1. The molecule has 0 saturated carbocycles. The Bertz CT molecular complexity index is 1430. The Labute approximate surface area is 229 Å². The number of aromatic amines is 1. The molecule has 1 aliphatic heterocycles. The number of hydrogen-bond donors (Lipinski definition) is 2. The molecule has 5 rings (SSSR count). The first-order valence-corrected chi connectivity index (χ1v) is 13.6. The number of H-pyrrole nitrogens is 1. The zero-order chi connectivity index (χ0) is 26.3. The highest BCUT2D eigenvalue weighted by molar-refractivity contribution is 7.08. The third-order valence-corrected chi connectivity index (χ3v) is 8.19. The van der Waals surface area contributed by atoms with Crippen LogP contribution in [0.5, 0.6) is 0 Å². The highest BCUT2D eigenvalue weighted by atomic mass is 35.5. The normalized spacial score (nSPS) is 18.3. The second-order valence-corrected chi connectivity index (χ2v) is 11.0. The van der Waals surface area contributed by atoms with E-state index in [1.165, 1.54) is 6.07 Å². The summed E-state index contributed by atoms with van der Waals surface area (Å²) in [6, 6.07) is 10.4. The summed E-state index contributed by atoms with van der Waals surface area (Å²) in [5.41, 5.74) is 3.49. The lowest BCUT2D eigenvalue weighted by Gasteiger charge is -2.43. The van der Waals surface area contributed by atoms with Crippen molar-refractivity contribution in [2.24, 2.45) is 0 Å². The lowest BCUT2D eigenvalue weighted by atomic mass is 10.1. The lowest BCUT2D eigenvalue weighted by molar-refractivity contribution is 0.102. The molecular weight excluding hydrogens is 532 g/mol. The van der Waals surface area contributed by atoms with E-state index >= 15 is 4.39 Å². The van der Waals surface area contributed by atoms with Crippen molar-refractivity contribution in [3.05, 3.63) is 74.8 Å². The van der Waals surface area contributed by atoms with Gasteiger partial charge in [0.15, 0.2) is 0 Å². The van der Waals surface area contributed by atoms with Crippen LogP contribution in [0.15, 0.2) is 53.4 Å². The van der Waals surface area contributed by atoms with Crippen molar-refractivity contribution in [1.29, 1.82) is 0 Å². The summed E-state index contributed by atoms with van der Waals surface area (Å²) >= 11 is 14.5. The Hall–Kier alpha value is -2.91. The fourth-order valence-electron chi connectivity index (χ4n) is 4.56. The second-order valence-electron chi connectivity index (χ2n) is 9.36. The molecule has 3 heterocycles. The van der Waals surface area contributed by atoms with Crippen LogP contribution in [0.3, 0.4) is 0 Å². The van der Waals surface area contributed by atoms with Crippen LogP contribution < -0.4 is 10.2 Å². The zero-order valence-electron chi connectivity index (χ0n) is 20.6. The predicted octanol–water partition coefficient (Wildman–Crippen LogP) is 7.03. The van der Waals surface area contributed by atoms with Gasteiger partial charge in [-0.25, -0.2) is 9.37 Å². The summed E-state index contributed by atoms with van der Waals surface area (Å²) in [6.07, 6.45) is 1.74. The molecule has 1 aliphatic rings. The van der Waals surface area contributed by atoms with E-state index in [1.807, 2.05) is 21.7 Å².